The molecular weight excluding hydrogens is 549 g/mol. The largest absolute Gasteiger partial charge is 0.462 e. The first kappa shape index (κ1) is 29.0. The van der Waals surface area contributed by atoms with Crippen LogP contribution in [0.1, 0.15) is 65.7 Å². The number of nitriles is 1. The normalized spacial score (nSPS) is 22.6. The molecule has 0 amide bonds. The number of nitrogens with two attached hydrogens (primary N) is 2. The molecule has 3 aliphatic rings. The van der Waals surface area contributed by atoms with E-state index in [-0.39, 0.29) is 29.6 Å². The predicted molar refractivity (Wildman–Crippen MR) is 160 cm³/mol. The molecule has 1 fully saturated rings. The molecule has 0 unspecified atom stereocenters. The van der Waals surface area contributed by atoms with Crippen LogP contribution in [0.5, 0.6) is 6.01 Å². The Morgan fingerprint density at radius 3 is 2.84 bits per heavy atom. The molecule has 2 aliphatic heterocycles. The Morgan fingerprint density at radius 2 is 2.12 bits per heavy atom. The molecule has 1 saturated heterocycles. The second-order valence-electron chi connectivity index (χ2n) is 11.9. The van der Waals surface area contributed by atoms with Crippen LogP contribution in [0, 0.1) is 17.1 Å². The van der Waals surface area contributed by atoms with Gasteiger partial charge in [-0.1, -0.05) is 6.07 Å². The van der Waals surface area contributed by atoms with Crippen LogP contribution in [0.2, 0.25) is 0 Å². The topological polar surface area (TPSA) is 143 Å². The van der Waals surface area contributed by atoms with Gasteiger partial charge in [0.25, 0.3) is 0 Å². The lowest BCUT2D eigenvalue weighted by Gasteiger charge is -2.50. The third kappa shape index (κ3) is 4.91. The summed E-state index contributed by atoms with van der Waals surface area (Å²) >= 11 is 0. The van der Waals surface area contributed by atoms with Gasteiger partial charge in [0.15, 0.2) is 0 Å². The molecule has 1 aromatic carbocycles. The smallest absolute Gasteiger partial charge is 0.318 e. The van der Waals surface area contributed by atoms with E-state index in [1.165, 1.54) is 6.07 Å². The number of likely N-dealkylation sites (N-methyl/N-ethyl adjacent to an activating group) is 2. The third-order valence-electron chi connectivity index (χ3n) is 9.54. The van der Waals surface area contributed by atoms with Crippen LogP contribution < -0.4 is 21.1 Å². The van der Waals surface area contributed by atoms with Gasteiger partial charge in [-0.3, -0.25) is 9.74 Å². The minimum absolute atomic E-state index is 0.0850. The van der Waals surface area contributed by atoms with E-state index < -0.39 is 5.54 Å². The fourth-order valence-electron chi connectivity index (χ4n) is 6.94. The molecule has 3 atom stereocenters. The first-order valence-corrected chi connectivity index (χ1v) is 14.7. The van der Waals surface area contributed by atoms with Crippen molar-refractivity contribution in [2.24, 2.45) is 0 Å². The molecule has 3 aromatic rings. The first-order valence-electron chi connectivity index (χ1n) is 14.7. The van der Waals surface area contributed by atoms with E-state index in [9.17, 15) is 5.26 Å². The van der Waals surface area contributed by atoms with Gasteiger partial charge in [0.05, 0.1) is 41.2 Å². The number of hydrogen-bond acceptors (Lipinski definition) is 11. The molecule has 4 heterocycles. The zero-order valence-electron chi connectivity index (χ0n) is 25.1. The summed E-state index contributed by atoms with van der Waals surface area (Å²) in [4.78, 5) is 24.0. The highest BCUT2D eigenvalue weighted by Crippen LogP contribution is 2.50. The van der Waals surface area contributed by atoms with Gasteiger partial charge in [-0.2, -0.15) is 20.3 Å². The fourth-order valence-corrected chi connectivity index (χ4v) is 6.94. The van der Waals surface area contributed by atoms with Crippen LogP contribution in [0.25, 0.3) is 0 Å². The molecule has 43 heavy (non-hydrogen) atoms. The minimum atomic E-state index is -0.651. The molecule has 0 radical (unpaired) electrons. The summed E-state index contributed by atoms with van der Waals surface area (Å²) in [5.74, 6) is 0.829. The Kier molecular flexibility index (Phi) is 7.58. The molecule has 1 spiro atoms. The lowest BCUT2D eigenvalue weighted by atomic mass is 9.68. The molecule has 12 heteroatoms. The molecule has 1 aliphatic carbocycles. The van der Waals surface area contributed by atoms with Gasteiger partial charge < -0.3 is 21.1 Å². The number of fused-ring (bicyclic) bond motifs is 3. The van der Waals surface area contributed by atoms with Crippen LogP contribution >= 0.6 is 0 Å². The molecule has 2 aromatic heterocycles. The molecule has 6 rings (SSSR count). The van der Waals surface area contributed by atoms with Crippen LogP contribution in [-0.2, 0) is 29.8 Å². The standard InChI is InChI=1S/C31H38FN9O2/c1-18(20-8-6-11-36-28(20)35)40(3)29-23-16-39(2)31(10-5-7-21-24(32)13-25(34)22(15-33)27(21)31)14-26(23)37-30(38-29)42-17-19-9-12-43-41(19)4/h6,8,11,13,18-19H,5,7,9-10,12,14,16-17,34H2,1-4H3,(H2,35,36)/t18-,19+,31+/m1/s1. The predicted octanol–water partition coefficient (Wildman–Crippen LogP) is 3.48. The number of aromatic nitrogens is 3. The zero-order chi connectivity index (χ0) is 30.5. The first-order chi connectivity index (χ1) is 20.6. The number of benzene rings is 1. The number of anilines is 3. The summed E-state index contributed by atoms with van der Waals surface area (Å²) in [6.45, 7) is 3.56. The van der Waals surface area contributed by atoms with Crippen LogP contribution in [0.3, 0.4) is 0 Å². The number of rotatable bonds is 6. The maximum absolute atomic E-state index is 15.3. The summed E-state index contributed by atoms with van der Waals surface area (Å²) in [5, 5.41) is 12.0. The van der Waals surface area contributed by atoms with Gasteiger partial charge in [0.1, 0.15) is 30.1 Å². The van der Waals surface area contributed by atoms with Gasteiger partial charge in [0, 0.05) is 44.4 Å². The molecule has 11 nitrogen and oxygen atoms in total. The van der Waals surface area contributed by atoms with Crippen LogP contribution in [0.15, 0.2) is 24.4 Å². The summed E-state index contributed by atoms with van der Waals surface area (Å²) < 4.78 is 21.5. The van der Waals surface area contributed by atoms with Crippen molar-refractivity contribution >= 4 is 17.3 Å². The van der Waals surface area contributed by atoms with Gasteiger partial charge >= 0.3 is 6.01 Å². The van der Waals surface area contributed by atoms with Crippen molar-refractivity contribution < 1.29 is 14.0 Å². The molecule has 4 N–H and O–H groups in total. The summed E-state index contributed by atoms with van der Waals surface area (Å²) in [6.07, 6.45) is 5.07. The van der Waals surface area contributed by atoms with Gasteiger partial charge in [-0.15, -0.1) is 0 Å². The van der Waals surface area contributed by atoms with Crippen LogP contribution in [-0.4, -0.2) is 65.3 Å². The lowest BCUT2D eigenvalue weighted by molar-refractivity contribution is -0.115. The third-order valence-corrected chi connectivity index (χ3v) is 9.54. The van der Waals surface area contributed by atoms with E-state index in [4.69, 9.17) is 31.0 Å². The van der Waals surface area contributed by atoms with E-state index in [0.29, 0.717) is 55.1 Å². The summed E-state index contributed by atoms with van der Waals surface area (Å²) in [6, 6.07) is 7.60. The Labute approximate surface area is 251 Å². The van der Waals surface area contributed by atoms with Gasteiger partial charge in [-0.25, -0.2) is 9.37 Å². The average molecular weight is 588 g/mol. The number of hydrogen-bond donors (Lipinski definition) is 2. The Hall–Kier alpha value is -4.05. The van der Waals surface area contributed by atoms with Crippen molar-refractivity contribution in [1.29, 1.82) is 5.26 Å². The highest BCUT2D eigenvalue weighted by Gasteiger charge is 2.48. The van der Waals surface area contributed by atoms with Crippen molar-refractivity contribution in [2.75, 3.05) is 50.7 Å². The van der Waals surface area contributed by atoms with Crippen molar-refractivity contribution in [2.45, 2.75) is 63.2 Å². The highest BCUT2D eigenvalue weighted by atomic mass is 19.1. The lowest BCUT2D eigenvalue weighted by Crippen LogP contribution is -2.51. The SMILES string of the molecule is C[C@H](c1cccnc1N)N(C)c1nc(OC[C@@H]2CCON2C)nc2c1CN(C)[C@@]1(CCCc3c(F)cc(N)c(C#N)c31)C2. The van der Waals surface area contributed by atoms with Crippen molar-refractivity contribution in [3.8, 4) is 12.1 Å². The number of nitrogen functional groups attached to an aromatic ring is 2. The number of pyridine rings is 1. The van der Waals surface area contributed by atoms with Crippen LogP contribution in [0.4, 0.5) is 21.7 Å². The average Bonchev–Trinajstić information content (AvgIpc) is 3.41. The number of halogens is 1. The molecular formula is C31H38FN9O2. The van der Waals surface area contributed by atoms with Gasteiger partial charge in [0.2, 0.25) is 0 Å². The summed E-state index contributed by atoms with van der Waals surface area (Å²) in [7, 11) is 5.89. The monoisotopic (exact) mass is 587 g/mol. The number of ether oxygens (including phenoxy) is 1. The van der Waals surface area contributed by atoms with Gasteiger partial charge in [-0.05, 0) is 62.9 Å². The Morgan fingerprint density at radius 1 is 1.30 bits per heavy atom. The van der Waals surface area contributed by atoms with Crippen molar-refractivity contribution in [3.05, 3.63) is 63.7 Å². The second kappa shape index (κ2) is 11.2. The Balaban J connectivity index is 1.46. The van der Waals surface area contributed by atoms with E-state index in [2.05, 4.69) is 27.8 Å². The maximum Gasteiger partial charge on any atom is 0.318 e. The Bertz CT molecular complexity index is 1590. The van der Waals surface area contributed by atoms with Crippen molar-refractivity contribution in [1.82, 2.24) is 24.9 Å². The van der Waals surface area contributed by atoms with E-state index in [1.54, 1.807) is 6.20 Å². The zero-order valence-corrected chi connectivity index (χ0v) is 25.1. The molecule has 226 valence electrons. The molecule has 0 saturated carbocycles. The van der Waals surface area contributed by atoms with E-state index in [0.717, 1.165) is 41.9 Å². The van der Waals surface area contributed by atoms with Crippen molar-refractivity contribution in [3.63, 3.8) is 0 Å². The number of hydroxylamine groups is 2. The summed E-state index contributed by atoms with van der Waals surface area (Å²) in [5.41, 5.74) is 16.2. The quantitative estimate of drug-likeness (QED) is 0.409. The molecule has 0 bridgehead atoms. The highest BCUT2D eigenvalue weighted by molar-refractivity contribution is 5.64. The maximum atomic E-state index is 15.3. The second-order valence-corrected chi connectivity index (χ2v) is 11.9. The van der Waals surface area contributed by atoms with E-state index >= 15 is 4.39 Å². The number of nitrogens with zero attached hydrogens (tertiary/aromatic N) is 7. The fraction of sp³-hybridized carbons (Fsp3) is 0.484. The minimum Gasteiger partial charge on any atom is -0.462 e. The van der Waals surface area contributed by atoms with E-state index in [1.807, 2.05) is 38.3 Å².